The van der Waals surface area contributed by atoms with Crippen molar-refractivity contribution in [2.45, 2.75) is 15.6 Å². The normalized spacial score (nSPS) is 13.8. The maximum Gasteiger partial charge on any atom is 0.140 e. The molecule has 12 rings (SSSR count). The summed E-state index contributed by atoms with van der Waals surface area (Å²) in [6.07, 6.45) is 0. The molecule has 0 spiro atoms. The smallest absolute Gasteiger partial charge is 0.102 e. The number of benzene rings is 11. The fourth-order valence-corrected chi connectivity index (χ4v) is 14.3. The van der Waals surface area contributed by atoms with Crippen molar-refractivity contribution < 1.29 is 0 Å². The fourth-order valence-electron chi connectivity index (χ4n) is 14.3. The minimum Gasteiger partial charge on any atom is -0.102 e. The molecule has 0 aromatic heterocycles. The van der Waals surface area contributed by atoms with Crippen molar-refractivity contribution in [2.75, 3.05) is 0 Å². The van der Waals surface area contributed by atoms with Gasteiger partial charge in [-0.1, -0.05) is 147 Å². The molecule has 0 saturated heterocycles. The van der Waals surface area contributed by atoms with Crippen molar-refractivity contribution in [3.63, 3.8) is 0 Å². The molecule has 0 amide bonds. The number of rotatable bonds is 5. The molecule has 11 aromatic carbocycles. The summed E-state index contributed by atoms with van der Waals surface area (Å²) >= 11 is 0. The molecule has 0 unspecified atom stereocenters. The third-order valence-electron chi connectivity index (χ3n) is 17.2. The van der Waals surface area contributed by atoms with Crippen LogP contribution in [0.3, 0.4) is 0 Å². The molecule has 1 aliphatic rings. The number of hydrogen-bond donors (Lipinski definition) is 0. The predicted octanol–water partition coefficient (Wildman–Crippen LogP) is -3.50. The molecule has 0 heterocycles. The second-order valence-electron chi connectivity index (χ2n) is 22.2. The minimum atomic E-state index is -0.256. The Kier molecular flexibility index (Phi) is 8.82. The van der Waals surface area contributed by atoms with E-state index in [4.69, 9.17) is 0 Å². The predicted molar refractivity (Wildman–Crippen MR) is 330 cm³/mol. The summed E-state index contributed by atoms with van der Waals surface area (Å²) in [7, 11) is 31.9. The Morgan fingerprint density at radius 3 is 1.08 bits per heavy atom. The first-order valence-corrected chi connectivity index (χ1v) is 24.2. The monoisotopic (exact) mass is 826 g/mol. The van der Waals surface area contributed by atoms with Crippen molar-refractivity contribution in [3.05, 3.63) is 139 Å². The molecule has 0 radical (unpaired) electrons. The summed E-state index contributed by atoms with van der Waals surface area (Å²) in [6.45, 7) is 0. The standard InChI is InChI=1S/C53H47B13/c54-44-39(45(55)46(56)40-41-43(48(58)50(60)49(59)47(41)57)51(42(40)44,52(61,62)63)53(64,65)66)30-20-28(31-15-11-26-9-7-22-3-1-5-24-13-17-33(31)37(26)35(22)24)19-29(21-30)32-16-12-27-10-8-23-4-2-6-25-14-18-34(32)38(27)36(23)25/h1-21H,54-66H2. The van der Waals surface area contributed by atoms with Crippen molar-refractivity contribution in [1.82, 2.24) is 0 Å². The zero-order chi connectivity index (χ0) is 46.1. The van der Waals surface area contributed by atoms with Gasteiger partial charge in [-0.15, -0.1) is 10.9 Å². The van der Waals surface area contributed by atoms with Crippen LogP contribution < -0.4 is 38.2 Å². The summed E-state index contributed by atoms with van der Waals surface area (Å²) in [5.41, 5.74) is 23.5. The van der Waals surface area contributed by atoms with E-state index in [1.54, 1.807) is 5.56 Å². The second kappa shape index (κ2) is 13.9. The van der Waals surface area contributed by atoms with E-state index < -0.39 is 0 Å². The molecule has 66 heavy (non-hydrogen) atoms. The van der Waals surface area contributed by atoms with Gasteiger partial charge in [-0.2, -0.15) is 0 Å². The summed E-state index contributed by atoms with van der Waals surface area (Å²) in [4.78, 5) is 0. The third kappa shape index (κ3) is 5.30. The van der Waals surface area contributed by atoms with Crippen LogP contribution >= 0.6 is 0 Å². The Bertz CT molecular complexity index is 3720. The van der Waals surface area contributed by atoms with Gasteiger partial charge in [0.15, 0.2) is 0 Å². The van der Waals surface area contributed by atoms with Gasteiger partial charge in [0.1, 0.15) is 54.9 Å². The lowest BCUT2D eigenvalue weighted by atomic mass is 9.17. The maximum absolute atomic E-state index is 2.54. The van der Waals surface area contributed by atoms with E-state index in [0.29, 0.717) is 0 Å². The van der Waals surface area contributed by atoms with E-state index in [2.05, 4.69) is 229 Å². The lowest BCUT2D eigenvalue weighted by molar-refractivity contribution is 0.540. The molecule has 298 valence electrons. The van der Waals surface area contributed by atoms with Gasteiger partial charge in [-0.05, 0) is 144 Å². The van der Waals surface area contributed by atoms with Gasteiger partial charge in [0, 0.05) is 0 Å². The Balaban J connectivity index is 1.22. The van der Waals surface area contributed by atoms with Crippen LogP contribution in [-0.4, -0.2) is 102 Å². The average molecular weight is 825 g/mol. The summed E-state index contributed by atoms with van der Waals surface area (Å²) < 4.78 is 0. The van der Waals surface area contributed by atoms with E-state index in [1.807, 2.05) is 0 Å². The zero-order valence-electron chi connectivity index (χ0n) is 41.1. The fraction of sp³-hybridized carbons (Fsp3) is 0.0566. The molecule has 0 bridgehead atoms. The van der Waals surface area contributed by atoms with Gasteiger partial charge in [-0.25, -0.2) is 0 Å². The number of fused-ring (bicyclic) bond motifs is 3. The van der Waals surface area contributed by atoms with E-state index in [-0.39, 0.29) is 15.6 Å². The molecular formula is C53H47B13. The lowest BCUT2D eigenvalue weighted by Gasteiger charge is -2.56. The summed E-state index contributed by atoms with van der Waals surface area (Å²) in [6, 6.07) is 49.1. The van der Waals surface area contributed by atoms with Crippen molar-refractivity contribution in [3.8, 4) is 44.5 Å². The largest absolute Gasteiger partial charge is 0.140 e. The van der Waals surface area contributed by atoms with Gasteiger partial charge in [0.05, 0.1) is 47.1 Å². The Morgan fingerprint density at radius 1 is 0.303 bits per heavy atom. The van der Waals surface area contributed by atoms with E-state index in [1.165, 1.54) is 153 Å². The Hall–Kier alpha value is -5.66. The average Bonchev–Trinajstić information content (AvgIpc) is 3.65. The Morgan fingerprint density at radius 2 is 0.636 bits per heavy atom. The quantitative estimate of drug-likeness (QED) is 0.125. The van der Waals surface area contributed by atoms with Crippen molar-refractivity contribution in [1.29, 1.82) is 0 Å². The highest BCUT2D eigenvalue weighted by Crippen LogP contribution is 2.63. The van der Waals surface area contributed by atoms with E-state index >= 15 is 0 Å². The van der Waals surface area contributed by atoms with Crippen LogP contribution in [-0.2, 0) is 5.41 Å². The van der Waals surface area contributed by atoms with Crippen molar-refractivity contribution >= 4 is 205 Å². The highest BCUT2D eigenvalue weighted by Gasteiger charge is 2.58. The summed E-state index contributed by atoms with van der Waals surface area (Å²) in [5, 5.41) is 15.6. The lowest BCUT2D eigenvalue weighted by Crippen LogP contribution is -2.59. The van der Waals surface area contributed by atoms with Gasteiger partial charge in [-0.3, -0.25) is 0 Å². The highest BCUT2D eigenvalue weighted by molar-refractivity contribution is 6.70. The first-order valence-electron chi connectivity index (χ1n) is 24.2. The number of hydrogen-bond acceptors (Lipinski definition) is 0. The molecular weight excluding hydrogens is 777 g/mol. The van der Waals surface area contributed by atoms with Gasteiger partial charge >= 0.3 is 0 Å². The van der Waals surface area contributed by atoms with Crippen LogP contribution in [0, 0.1) is 0 Å². The molecule has 1 aliphatic carbocycles. The molecule has 0 N–H and O–H groups in total. The molecule has 0 nitrogen and oxygen atoms in total. The molecule has 0 fully saturated rings. The molecule has 13 heteroatoms. The first-order chi connectivity index (χ1) is 31.4. The van der Waals surface area contributed by atoms with E-state index in [9.17, 15) is 0 Å². The zero-order valence-corrected chi connectivity index (χ0v) is 41.1. The van der Waals surface area contributed by atoms with Gasteiger partial charge < -0.3 is 0 Å². The van der Waals surface area contributed by atoms with Crippen LogP contribution in [0.4, 0.5) is 0 Å². The topological polar surface area (TPSA) is 0 Å². The van der Waals surface area contributed by atoms with Crippen molar-refractivity contribution in [2.24, 2.45) is 0 Å². The third-order valence-corrected chi connectivity index (χ3v) is 17.2. The molecule has 0 saturated carbocycles. The van der Waals surface area contributed by atoms with Crippen LogP contribution in [0.2, 0.25) is 10.2 Å². The molecule has 0 aliphatic heterocycles. The second-order valence-corrected chi connectivity index (χ2v) is 22.2. The van der Waals surface area contributed by atoms with Crippen LogP contribution in [0.15, 0.2) is 127 Å². The van der Waals surface area contributed by atoms with Crippen LogP contribution in [0.25, 0.3) is 109 Å². The van der Waals surface area contributed by atoms with Gasteiger partial charge in [0.25, 0.3) is 0 Å². The van der Waals surface area contributed by atoms with Gasteiger partial charge in [0.2, 0.25) is 0 Å². The molecule has 0 atom stereocenters. The highest BCUT2D eigenvalue weighted by atomic mass is 14.5. The van der Waals surface area contributed by atoms with Crippen LogP contribution in [0.1, 0.15) is 11.1 Å². The molecule has 11 aromatic rings. The minimum absolute atomic E-state index is 0.0929. The Labute approximate surface area is 401 Å². The van der Waals surface area contributed by atoms with E-state index in [0.717, 1.165) is 0 Å². The van der Waals surface area contributed by atoms with Crippen LogP contribution in [0.5, 0.6) is 0 Å². The first kappa shape index (κ1) is 41.8. The maximum atomic E-state index is 2.54. The summed E-state index contributed by atoms with van der Waals surface area (Å²) in [5.74, 6) is 0. The SMILES string of the molecule is Bc1c(B)c(B)c2c(c1B)-c1c(B)c(B)c(-c3cc(-c4ccc5ccc6cccc7ccc4c5c67)cc(-c4ccc5ccc6cccc7ccc4c5c67)c3)c(B)c1C2(C(B)(B)B)C(B)(B)B.